The molecule has 104 valence electrons. The summed E-state index contributed by atoms with van der Waals surface area (Å²) < 4.78 is 7.30. The van der Waals surface area contributed by atoms with Gasteiger partial charge in [0.15, 0.2) is 5.69 Å². The van der Waals surface area contributed by atoms with Crippen molar-refractivity contribution in [3.8, 4) is 5.75 Å². The number of carbonyl (C=O) groups excluding carboxylic acids is 1. The molecule has 3 rings (SSSR count). The Bertz CT molecular complexity index is 633. The maximum Gasteiger partial charge on any atom is 0.227 e. The van der Waals surface area contributed by atoms with Crippen LogP contribution in [-0.2, 0) is 19.4 Å². The number of methoxy groups -OCH3 is 1. The monoisotopic (exact) mass is 288 g/mol. The van der Waals surface area contributed by atoms with Gasteiger partial charge in [0.05, 0.1) is 12.0 Å². The first-order chi connectivity index (χ1) is 9.78. The molecule has 0 unspecified atom stereocenters. The zero-order valence-electron chi connectivity index (χ0n) is 11.6. The lowest BCUT2D eigenvalue weighted by atomic mass is 10.0. The third-order valence-corrected chi connectivity index (χ3v) is 4.85. The van der Waals surface area contributed by atoms with E-state index in [-0.39, 0.29) is 5.78 Å². The normalized spacial score (nSPS) is 13.8. The molecule has 1 aliphatic rings. The largest absolute Gasteiger partial charge is 0.497 e. The van der Waals surface area contributed by atoms with Crippen LogP contribution in [0.1, 0.15) is 33.8 Å². The number of benzene rings is 1. The van der Waals surface area contributed by atoms with Gasteiger partial charge in [0.2, 0.25) is 17.8 Å². The molecular weight excluding hydrogens is 270 g/mol. The number of carbonyl (C=O) groups is 1. The van der Waals surface area contributed by atoms with E-state index in [4.69, 9.17) is 4.74 Å². The average Bonchev–Trinajstić information content (AvgIpc) is 2.90. The Hall–Kier alpha value is -1.68. The summed E-state index contributed by atoms with van der Waals surface area (Å²) in [4.78, 5) is 13.8. The van der Waals surface area contributed by atoms with Crippen molar-refractivity contribution in [2.24, 2.45) is 0 Å². The van der Waals surface area contributed by atoms with Crippen LogP contribution < -0.4 is 9.30 Å². The molecule has 0 amide bonds. The van der Waals surface area contributed by atoms with Gasteiger partial charge in [0.1, 0.15) is 5.75 Å². The van der Waals surface area contributed by atoms with E-state index in [1.165, 1.54) is 29.8 Å². The Labute approximate surface area is 122 Å². The molecule has 3 nitrogen and oxygen atoms in total. The third-order valence-electron chi connectivity index (χ3n) is 3.76. The van der Waals surface area contributed by atoms with Gasteiger partial charge in [0.25, 0.3) is 0 Å². The van der Waals surface area contributed by atoms with Crippen LogP contribution in [0.3, 0.4) is 0 Å². The van der Waals surface area contributed by atoms with Gasteiger partial charge >= 0.3 is 0 Å². The van der Waals surface area contributed by atoms with Crippen LogP contribution in [0.15, 0.2) is 29.8 Å². The molecule has 1 aromatic heterocycles. The minimum atomic E-state index is 0.139. The molecule has 0 spiro atoms. The number of hydrogen-bond acceptors (Lipinski definition) is 3. The Morgan fingerprint density at radius 1 is 1.35 bits per heavy atom. The molecule has 0 N–H and O–H groups in total. The molecule has 4 heteroatoms. The SMILES string of the molecule is COc1cccc(C(=O)C[n+]2csc3c2CCCC3)c1. The van der Waals surface area contributed by atoms with Crippen molar-refractivity contribution in [1.29, 1.82) is 0 Å². The van der Waals surface area contributed by atoms with Gasteiger partial charge in [-0.2, -0.15) is 4.57 Å². The fourth-order valence-electron chi connectivity index (χ4n) is 2.66. The van der Waals surface area contributed by atoms with Crippen LogP contribution in [0.2, 0.25) is 0 Å². The highest BCUT2D eigenvalue weighted by atomic mass is 32.1. The first-order valence-electron chi connectivity index (χ1n) is 6.94. The van der Waals surface area contributed by atoms with E-state index in [0.29, 0.717) is 12.1 Å². The Morgan fingerprint density at radius 2 is 2.20 bits per heavy atom. The van der Waals surface area contributed by atoms with Gasteiger partial charge in [-0.3, -0.25) is 4.79 Å². The number of hydrogen-bond donors (Lipinski definition) is 0. The van der Waals surface area contributed by atoms with Crippen molar-refractivity contribution < 1.29 is 14.1 Å². The third kappa shape index (κ3) is 2.61. The lowest BCUT2D eigenvalue weighted by Crippen LogP contribution is -2.40. The highest BCUT2D eigenvalue weighted by molar-refractivity contribution is 7.09. The molecule has 0 radical (unpaired) electrons. The predicted octanol–water partition coefficient (Wildman–Crippen LogP) is 2.81. The summed E-state index contributed by atoms with van der Waals surface area (Å²) in [5.41, 5.74) is 4.17. The highest BCUT2D eigenvalue weighted by Gasteiger charge is 2.24. The molecular formula is C16H18NO2S+. The van der Waals surface area contributed by atoms with E-state index in [1.54, 1.807) is 18.4 Å². The summed E-state index contributed by atoms with van der Waals surface area (Å²) in [7, 11) is 1.62. The van der Waals surface area contributed by atoms with Crippen molar-refractivity contribution in [2.75, 3.05) is 7.11 Å². The lowest BCUT2D eigenvalue weighted by Gasteiger charge is -2.07. The van der Waals surface area contributed by atoms with Crippen LogP contribution in [0.25, 0.3) is 0 Å². The van der Waals surface area contributed by atoms with E-state index in [2.05, 4.69) is 10.1 Å². The van der Waals surface area contributed by atoms with Gasteiger partial charge < -0.3 is 4.74 Å². The number of aromatic nitrogens is 1. The summed E-state index contributed by atoms with van der Waals surface area (Å²) in [6.45, 7) is 0.430. The first kappa shape index (κ1) is 13.3. The molecule has 0 saturated heterocycles. The number of thiazole rings is 1. The number of aryl methyl sites for hydroxylation is 1. The first-order valence-corrected chi connectivity index (χ1v) is 7.82. The minimum absolute atomic E-state index is 0.139. The van der Waals surface area contributed by atoms with Gasteiger partial charge in [-0.15, -0.1) is 0 Å². The number of rotatable bonds is 4. The molecule has 0 saturated carbocycles. The summed E-state index contributed by atoms with van der Waals surface area (Å²) >= 11 is 1.78. The maximum absolute atomic E-state index is 12.4. The number of nitrogens with zero attached hydrogens (tertiary/aromatic N) is 1. The Balaban J connectivity index is 1.80. The molecule has 1 aromatic carbocycles. The Morgan fingerprint density at radius 3 is 3.05 bits per heavy atom. The zero-order valence-corrected chi connectivity index (χ0v) is 12.4. The van der Waals surface area contributed by atoms with Crippen LogP contribution >= 0.6 is 11.3 Å². The Kier molecular flexibility index (Phi) is 3.83. The van der Waals surface area contributed by atoms with Gasteiger partial charge in [-0.05, 0) is 31.4 Å². The predicted molar refractivity (Wildman–Crippen MR) is 78.5 cm³/mol. The van der Waals surface area contributed by atoms with Crippen LogP contribution in [0.4, 0.5) is 0 Å². The van der Waals surface area contributed by atoms with Gasteiger partial charge in [-0.25, -0.2) is 0 Å². The molecule has 0 aliphatic heterocycles. The second kappa shape index (κ2) is 5.75. The minimum Gasteiger partial charge on any atom is -0.497 e. The van der Waals surface area contributed by atoms with Gasteiger partial charge in [-0.1, -0.05) is 23.5 Å². The van der Waals surface area contributed by atoms with Crippen molar-refractivity contribution in [1.82, 2.24) is 0 Å². The van der Waals surface area contributed by atoms with Crippen molar-refractivity contribution in [3.63, 3.8) is 0 Å². The topological polar surface area (TPSA) is 30.2 Å². The van der Waals surface area contributed by atoms with E-state index < -0.39 is 0 Å². The van der Waals surface area contributed by atoms with Crippen molar-refractivity contribution >= 4 is 17.1 Å². The molecule has 0 atom stereocenters. The van der Waals surface area contributed by atoms with Crippen LogP contribution in [-0.4, -0.2) is 12.9 Å². The van der Waals surface area contributed by atoms with E-state index in [0.717, 1.165) is 12.2 Å². The second-order valence-corrected chi connectivity index (χ2v) is 6.02. The maximum atomic E-state index is 12.4. The number of ketones is 1. The smallest absolute Gasteiger partial charge is 0.227 e. The van der Waals surface area contributed by atoms with Crippen molar-refractivity contribution in [2.45, 2.75) is 32.2 Å². The quantitative estimate of drug-likeness (QED) is 0.640. The highest BCUT2D eigenvalue weighted by Crippen LogP contribution is 2.22. The van der Waals surface area contributed by atoms with Crippen molar-refractivity contribution in [3.05, 3.63) is 45.9 Å². The van der Waals surface area contributed by atoms with E-state index in [9.17, 15) is 4.79 Å². The molecule has 2 aromatic rings. The van der Waals surface area contributed by atoms with E-state index in [1.807, 2.05) is 24.3 Å². The molecule has 1 heterocycles. The second-order valence-electron chi connectivity index (χ2n) is 5.08. The van der Waals surface area contributed by atoms with Crippen LogP contribution in [0.5, 0.6) is 5.75 Å². The number of fused-ring (bicyclic) bond motifs is 1. The fourth-order valence-corrected chi connectivity index (χ4v) is 3.73. The molecule has 0 fully saturated rings. The standard InChI is InChI=1S/C16H18NO2S/c1-19-13-6-4-5-12(9-13)15(18)10-17-11-20-16-8-3-2-7-14(16)17/h4-6,9,11H,2-3,7-8,10H2,1H3/q+1. The zero-order chi connectivity index (χ0) is 13.9. The summed E-state index contributed by atoms with van der Waals surface area (Å²) in [6.07, 6.45) is 4.78. The molecule has 20 heavy (non-hydrogen) atoms. The summed E-state index contributed by atoms with van der Waals surface area (Å²) in [5, 5.41) is 0. The summed E-state index contributed by atoms with van der Waals surface area (Å²) in [5.74, 6) is 0.869. The lowest BCUT2D eigenvalue weighted by molar-refractivity contribution is -0.686. The average molecular weight is 288 g/mol. The number of Topliss-reactive ketones (excluding diaryl/α,β-unsaturated/α-hetero) is 1. The fraction of sp³-hybridized carbons (Fsp3) is 0.375. The van der Waals surface area contributed by atoms with E-state index >= 15 is 0 Å². The summed E-state index contributed by atoms with van der Waals surface area (Å²) in [6, 6.07) is 7.38. The van der Waals surface area contributed by atoms with Crippen LogP contribution in [0, 0.1) is 0 Å². The molecule has 0 bridgehead atoms. The number of ether oxygens (including phenoxy) is 1. The van der Waals surface area contributed by atoms with Gasteiger partial charge in [0, 0.05) is 12.0 Å². The molecule has 1 aliphatic carbocycles.